The van der Waals surface area contributed by atoms with Crippen LogP contribution in [-0.4, -0.2) is 48.7 Å². The average Bonchev–Trinajstić information content (AvgIpc) is 2.61. The second-order valence-corrected chi connectivity index (χ2v) is 6.93. The highest BCUT2D eigenvalue weighted by atomic mass is 16.2. The first-order valence-electron chi connectivity index (χ1n) is 9.39. The van der Waals surface area contributed by atoms with Gasteiger partial charge >= 0.3 is 6.03 Å². The Morgan fingerprint density at radius 2 is 1.92 bits per heavy atom. The molecule has 0 saturated heterocycles. The lowest BCUT2D eigenvalue weighted by molar-refractivity contribution is 0.231. The molecule has 1 saturated carbocycles. The van der Waals surface area contributed by atoms with E-state index in [1.807, 2.05) is 25.1 Å². The van der Waals surface area contributed by atoms with Gasteiger partial charge in [-0.1, -0.05) is 19.8 Å². The predicted molar refractivity (Wildman–Crippen MR) is 102 cm³/mol. The fraction of sp³-hybridized carbons (Fsp3) is 0.722. The van der Waals surface area contributed by atoms with Crippen molar-refractivity contribution in [3.05, 3.63) is 12.3 Å². The van der Waals surface area contributed by atoms with Gasteiger partial charge in [-0.3, -0.25) is 0 Å². The lowest BCUT2D eigenvalue weighted by Crippen LogP contribution is -2.45. The molecule has 1 aromatic heterocycles. The Morgan fingerprint density at radius 1 is 1.20 bits per heavy atom. The van der Waals surface area contributed by atoms with E-state index in [1.165, 1.54) is 6.42 Å². The second-order valence-electron chi connectivity index (χ2n) is 6.93. The summed E-state index contributed by atoms with van der Waals surface area (Å²) < 4.78 is 0. The van der Waals surface area contributed by atoms with Crippen molar-refractivity contribution in [2.75, 3.05) is 30.9 Å². The quantitative estimate of drug-likeness (QED) is 0.629. The van der Waals surface area contributed by atoms with Crippen molar-refractivity contribution in [3.8, 4) is 0 Å². The van der Waals surface area contributed by atoms with Crippen molar-refractivity contribution in [3.63, 3.8) is 0 Å². The highest BCUT2D eigenvalue weighted by Crippen LogP contribution is 2.21. The summed E-state index contributed by atoms with van der Waals surface area (Å²) in [5.74, 6) is 1.57. The molecule has 0 atom stereocenters. The molecule has 0 spiro atoms. The minimum Gasteiger partial charge on any atom is -0.363 e. The summed E-state index contributed by atoms with van der Waals surface area (Å²) in [6.45, 7) is 2.92. The number of nitrogens with one attached hydrogen (secondary N) is 3. The van der Waals surface area contributed by atoms with Crippen LogP contribution in [0.1, 0.15) is 51.9 Å². The number of rotatable bonds is 8. The number of unbranched alkanes of at least 4 members (excludes halogenated alkanes) is 2. The summed E-state index contributed by atoms with van der Waals surface area (Å²) in [6, 6.07) is 2.49. The van der Waals surface area contributed by atoms with Gasteiger partial charge in [0.2, 0.25) is 5.95 Å². The number of hydrogen-bond acceptors (Lipinski definition) is 5. The van der Waals surface area contributed by atoms with Gasteiger partial charge in [0.05, 0.1) is 0 Å². The predicted octanol–water partition coefficient (Wildman–Crippen LogP) is 2.76. The lowest BCUT2D eigenvalue weighted by atomic mass is 9.91. The van der Waals surface area contributed by atoms with E-state index in [2.05, 4.69) is 32.8 Å². The molecule has 7 nitrogen and oxygen atoms in total. The minimum absolute atomic E-state index is 0.0328. The molecule has 1 aliphatic rings. The number of anilines is 2. The number of carbonyl (C=O) groups excluding carboxylic acids is 1. The topological polar surface area (TPSA) is 82.2 Å². The highest BCUT2D eigenvalue weighted by molar-refractivity contribution is 5.74. The fourth-order valence-corrected chi connectivity index (χ4v) is 3.05. The first kappa shape index (κ1) is 19.3. The van der Waals surface area contributed by atoms with Crippen molar-refractivity contribution in [1.29, 1.82) is 0 Å². The van der Waals surface area contributed by atoms with E-state index < -0.39 is 0 Å². The van der Waals surface area contributed by atoms with Gasteiger partial charge in [-0.15, -0.1) is 0 Å². The monoisotopic (exact) mass is 348 g/mol. The molecule has 1 heterocycles. The van der Waals surface area contributed by atoms with E-state index in [0.717, 1.165) is 50.9 Å². The van der Waals surface area contributed by atoms with Gasteiger partial charge in [0, 0.05) is 38.9 Å². The van der Waals surface area contributed by atoms with Gasteiger partial charge < -0.3 is 20.9 Å². The van der Waals surface area contributed by atoms with Crippen LogP contribution in [0.2, 0.25) is 0 Å². The number of aromatic nitrogens is 2. The van der Waals surface area contributed by atoms with Gasteiger partial charge in [0.15, 0.2) is 0 Å². The first-order valence-corrected chi connectivity index (χ1v) is 9.39. The largest absolute Gasteiger partial charge is 0.363 e. The zero-order chi connectivity index (χ0) is 18.1. The maximum absolute atomic E-state index is 11.9. The summed E-state index contributed by atoms with van der Waals surface area (Å²) in [7, 11) is 3.94. The Kier molecular flexibility index (Phi) is 7.76. The van der Waals surface area contributed by atoms with Crippen LogP contribution in [0.5, 0.6) is 0 Å². The highest BCUT2D eigenvalue weighted by Gasteiger charge is 2.22. The Morgan fingerprint density at radius 3 is 2.60 bits per heavy atom. The Bertz CT molecular complexity index is 528. The molecule has 140 valence electrons. The van der Waals surface area contributed by atoms with Crippen LogP contribution < -0.4 is 20.9 Å². The number of carbonyl (C=O) groups is 1. The molecule has 1 aromatic rings. The molecular weight excluding hydrogens is 316 g/mol. The van der Waals surface area contributed by atoms with E-state index in [0.29, 0.717) is 12.0 Å². The van der Waals surface area contributed by atoms with Gasteiger partial charge in [0.1, 0.15) is 5.82 Å². The van der Waals surface area contributed by atoms with Crippen molar-refractivity contribution in [2.24, 2.45) is 0 Å². The van der Waals surface area contributed by atoms with Crippen molar-refractivity contribution >= 4 is 17.8 Å². The molecule has 1 fully saturated rings. The summed E-state index contributed by atoms with van der Waals surface area (Å²) in [4.78, 5) is 22.7. The van der Waals surface area contributed by atoms with Gasteiger partial charge in [-0.05, 0) is 38.2 Å². The van der Waals surface area contributed by atoms with Gasteiger partial charge in [-0.25, -0.2) is 9.78 Å². The van der Waals surface area contributed by atoms with E-state index in [4.69, 9.17) is 0 Å². The SMILES string of the molecule is CCCCCNC(=O)NC1CCC(Nc2nccc(N(C)C)n2)CC1. The number of amides is 2. The van der Waals surface area contributed by atoms with Gasteiger partial charge in [-0.2, -0.15) is 4.98 Å². The van der Waals surface area contributed by atoms with Crippen LogP contribution >= 0.6 is 0 Å². The molecule has 3 N–H and O–H groups in total. The zero-order valence-corrected chi connectivity index (χ0v) is 15.7. The van der Waals surface area contributed by atoms with Crippen LogP contribution in [0.3, 0.4) is 0 Å². The molecule has 0 bridgehead atoms. The second kappa shape index (κ2) is 10.1. The van der Waals surface area contributed by atoms with Crippen molar-refractivity contribution in [2.45, 2.75) is 64.0 Å². The third-order valence-corrected chi connectivity index (χ3v) is 4.56. The normalized spacial score (nSPS) is 20.0. The molecule has 7 heteroatoms. The molecule has 25 heavy (non-hydrogen) atoms. The van der Waals surface area contributed by atoms with E-state index >= 15 is 0 Å². The Balaban J connectivity index is 1.69. The Hall–Kier alpha value is -2.05. The number of hydrogen-bond donors (Lipinski definition) is 3. The smallest absolute Gasteiger partial charge is 0.315 e. The lowest BCUT2D eigenvalue weighted by Gasteiger charge is -2.29. The third-order valence-electron chi connectivity index (χ3n) is 4.56. The van der Waals surface area contributed by atoms with Crippen LogP contribution in [0.4, 0.5) is 16.6 Å². The maximum atomic E-state index is 11.9. The van der Waals surface area contributed by atoms with Crippen LogP contribution in [0, 0.1) is 0 Å². The standard InChI is InChI=1S/C18H32N6O/c1-4-5-6-12-20-18(25)22-15-9-7-14(8-10-15)21-17-19-13-11-16(23-17)24(2)3/h11,13-15H,4-10,12H2,1-3H3,(H,19,21,23)(H2,20,22,25). The van der Waals surface area contributed by atoms with Gasteiger partial charge in [0.25, 0.3) is 0 Å². The molecule has 1 aliphatic carbocycles. The Labute approximate surface area is 151 Å². The molecule has 0 unspecified atom stereocenters. The van der Waals surface area contributed by atoms with Crippen LogP contribution in [-0.2, 0) is 0 Å². The summed E-state index contributed by atoms with van der Waals surface area (Å²) in [6.07, 6.45) is 9.14. The number of urea groups is 1. The summed E-state index contributed by atoms with van der Waals surface area (Å²) in [5.41, 5.74) is 0. The van der Waals surface area contributed by atoms with E-state index in [1.54, 1.807) is 6.20 Å². The summed E-state index contributed by atoms with van der Waals surface area (Å²) in [5, 5.41) is 9.45. The molecule has 0 radical (unpaired) electrons. The minimum atomic E-state index is -0.0328. The first-order chi connectivity index (χ1) is 12.1. The van der Waals surface area contributed by atoms with E-state index in [-0.39, 0.29) is 12.1 Å². The molecular formula is C18H32N6O. The molecule has 0 aliphatic heterocycles. The molecule has 2 rings (SSSR count). The maximum Gasteiger partial charge on any atom is 0.315 e. The number of nitrogens with zero attached hydrogens (tertiary/aromatic N) is 3. The van der Waals surface area contributed by atoms with Crippen molar-refractivity contribution in [1.82, 2.24) is 20.6 Å². The molecule has 0 aromatic carbocycles. The average molecular weight is 348 g/mol. The van der Waals surface area contributed by atoms with Crippen molar-refractivity contribution < 1.29 is 4.79 Å². The third kappa shape index (κ3) is 6.76. The fourth-order valence-electron chi connectivity index (χ4n) is 3.05. The van der Waals surface area contributed by atoms with Crippen LogP contribution in [0.25, 0.3) is 0 Å². The molecule has 2 amide bonds. The van der Waals surface area contributed by atoms with E-state index in [9.17, 15) is 4.79 Å². The van der Waals surface area contributed by atoms with Crippen LogP contribution in [0.15, 0.2) is 12.3 Å². The zero-order valence-electron chi connectivity index (χ0n) is 15.7. The summed E-state index contributed by atoms with van der Waals surface area (Å²) >= 11 is 0.